The van der Waals surface area contributed by atoms with E-state index >= 15 is 0 Å². The molecule has 0 radical (unpaired) electrons. The Hall–Kier alpha value is -3.67. The van der Waals surface area contributed by atoms with Crippen molar-refractivity contribution >= 4 is 22.7 Å². The first kappa shape index (κ1) is 26.9. The predicted octanol–water partition coefficient (Wildman–Crippen LogP) is 4.31. The average molecular weight is 546 g/mol. The maximum Gasteiger partial charge on any atom is 0.433 e. The van der Waals surface area contributed by atoms with Crippen LogP contribution in [0.1, 0.15) is 61.6 Å². The van der Waals surface area contributed by atoms with E-state index < -0.39 is 17.9 Å². The molecule has 208 valence electrons. The lowest BCUT2D eigenvalue weighted by Gasteiger charge is -2.32. The van der Waals surface area contributed by atoms with Crippen LogP contribution in [-0.4, -0.2) is 52.4 Å². The molecule has 3 N–H and O–H groups in total. The van der Waals surface area contributed by atoms with Crippen LogP contribution in [0.25, 0.3) is 22.4 Å². The zero-order valence-corrected chi connectivity index (χ0v) is 22.0. The minimum Gasteiger partial charge on any atom is -0.494 e. The highest BCUT2D eigenvalue weighted by Gasteiger charge is 2.48. The number of amides is 2. The fourth-order valence-corrected chi connectivity index (χ4v) is 5.47. The summed E-state index contributed by atoms with van der Waals surface area (Å²) in [4.78, 5) is 35.9. The lowest BCUT2D eigenvalue weighted by molar-refractivity contribution is -0.141. The van der Waals surface area contributed by atoms with Crippen LogP contribution < -0.4 is 15.8 Å². The van der Waals surface area contributed by atoms with Gasteiger partial charge in [0.25, 0.3) is 5.91 Å². The number of nitrogens with two attached hydrogens (primary N) is 1. The first-order valence-corrected chi connectivity index (χ1v) is 12.8. The Morgan fingerprint density at radius 2 is 1.90 bits per heavy atom. The van der Waals surface area contributed by atoms with Crippen molar-refractivity contribution in [2.45, 2.75) is 57.9 Å². The topological polar surface area (TPSA) is 124 Å². The highest BCUT2D eigenvalue weighted by atomic mass is 19.4. The standard InChI is InChI=1S/C27H30F3N5O4/c1-12(2)24(36)32-18-10-15-9-14(18)11-35(15)26(37)22-23(13(3)31)39-25(34-22)17-5-7-19(38-4)21-16(17)6-8-20(33-21)27(28,29)30/h5-8,12-15,18H,9-11,31H2,1-4H3,(H,32,36)/t13-,14?,15?,18?/m0/s1. The van der Waals surface area contributed by atoms with Crippen molar-refractivity contribution in [1.82, 2.24) is 20.2 Å². The molecule has 39 heavy (non-hydrogen) atoms. The summed E-state index contributed by atoms with van der Waals surface area (Å²) in [5.41, 5.74) is 5.49. The van der Waals surface area contributed by atoms with E-state index in [1.165, 1.54) is 19.2 Å². The normalized spacial score (nSPS) is 21.6. The van der Waals surface area contributed by atoms with Crippen molar-refractivity contribution in [1.29, 1.82) is 0 Å². The fourth-order valence-electron chi connectivity index (χ4n) is 5.47. The van der Waals surface area contributed by atoms with E-state index in [9.17, 15) is 22.8 Å². The van der Waals surface area contributed by atoms with Gasteiger partial charge in [0, 0.05) is 35.5 Å². The number of piperidine rings is 1. The van der Waals surface area contributed by atoms with Gasteiger partial charge in [0.2, 0.25) is 11.8 Å². The molecule has 1 saturated heterocycles. The second-order valence-electron chi connectivity index (χ2n) is 10.5. The van der Waals surface area contributed by atoms with Crippen molar-refractivity contribution in [3.05, 3.63) is 41.4 Å². The zero-order chi connectivity index (χ0) is 28.2. The monoisotopic (exact) mass is 545 g/mol. The van der Waals surface area contributed by atoms with Crippen LogP contribution in [0, 0.1) is 11.8 Å². The van der Waals surface area contributed by atoms with Crippen LogP contribution >= 0.6 is 0 Å². The van der Waals surface area contributed by atoms with Crippen LogP contribution in [0.5, 0.6) is 5.75 Å². The van der Waals surface area contributed by atoms with Crippen molar-refractivity contribution in [2.24, 2.45) is 17.6 Å². The SMILES string of the molecule is COc1ccc(-c2nc(C(=O)N3CC4CC3CC4NC(=O)C(C)C)c([C@H](C)N)o2)c2ccc(C(F)(F)F)nc12. The zero-order valence-electron chi connectivity index (χ0n) is 22.0. The Labute approximate surface area is 222 Å². The smallest absolute Gasteiger partial charge is 0.433 e. The molecular weight excluding hydrogens is 515 g/mol. The molecule has 3 unspecified atom stereocenters. The number of methoxy groups -OCH3 is 1. The molecule has 2 aliphatic rings. The number of hydrogen-bond donors (Lipinski definition) is 2. The van der Waals surface area contributed by atoms with Crippen molar-refractivity contribution in [3.63, 3.8) is 0 Å². The lowest BCUT2D eigenvalue weighted by Crippen LogP contribution is -2.48. The first-order valence-electron chi connectivity index (χ1n) is 12.8. The summed E-state index contributed by atoms with van der Waals surface area (Å²) in [6.07, 6.45) is -3.20. The summed E-state index contributed by atoms with van der Waals surface area (Å²) in [7, 11) is 1.34. The summed E-state index contributed by atoms with van der Waals surface area (Å²) in [6.45, 7) is 5.82. The quantitative estimate of drug-likeness (QED) is 0.473. The van der Waals surface area contributed by atoms with Gasteiger partial charge in [-0.05, 0) is 49.9 Å². The largest absolute Gasteiger partial charge is 0.494 e. The van der Waals surface area contributed by atoms with Gasteiger partial charge in [0.15, 0.2) is 11.5 Å². The number of oxazole rings is 1. The van der Waals surface area contributed by atoms with Gasteiger partial charge in [0.1, 0.15) is 17.0 Å². The Morgan fingerprint density at radius 3 is 2.49 bits per heavy atom. The number of hydrogen-bond acceptors (Lipinski definition) is 7. The molecule has 3 heterocycles. The van der Waals surface area contributed by atoms with Crippen LogP contribution in [0.3, 0.4) is 0 Å². The van der Waals surface area contributed by atoms with Gasteiger partial charge in [-0.3, -0.25) is 9.59 Å². The molecule has 9 nitrogen and oxygen atoms in total. The molecule has 2 amide bonds. The van der Waals surface area contributed by atoms with Gasteiger partial charge in [-0.15, -0.1) is 0 Å². The van der Waals surface area contributed by atoms with E-state index in [0.29, 0.717) is 23.9 Å². The van der Waals surface area contributed by atoms with Crippen molar-refractivity contribution < 1.29 is 31.9 Å². The third-order valence-corrected chi connectivity index (χ3v) is 7.49. The molecule has 2 fully saturated rings. The molecule has 0 spiro atoms. The number of likely N-dealkylation sites (tertiary alicyclic amines) is 1. The number of nitrogens with one attached hydrogen (secondary N) is 1. The Balaban J connectivity index is 1.47. The number of alkyl halides is 3. The predicted molar refractivity (Wildman–Crippen MR) is 136 cm³/mol. The number of fused-ring (bicyclic) bond motifs is 3. The van der Waals surface area contributed by atoms with E-state index in [0.717, 1.165) is 12.5 Å². The summed E-state index contributed by atoms with van der Waals surface area (Å²) in [5, 5.41) is 3.41. The maximum absolute atomic E-state index is 13.7. The maximum atomic E-state index is 13.7. The van der Waals surface area contributed by atoms with E-state index in [4.69, 9.17) is 14.9 Å². The molecule has 1 aliphatic carbocycles. The number of rotatable bonds is 6. The molecule has 3 aromatic rings. The number of aromatic nitrogens is 2. The third-order valence-electron chi connectivity index (χ3n) is 7.49. The molecule has 1 aliphatic heterocycles. The van der Waals surface area contributed by atoms with Gasteiger partial charge >= 0.3 is 6.18 Å². The molecule has 5 rings (SSSR count). The average Bonchev–Trinajstić information content (AvgIpc) is 3.61. The summed E-state index contributed by atoms with van der Waals surface area (Å²) < 4.78 is 51.2. The summed E-state index contributed by atoms with van der Waals surface area (Å²) in [6, 6.07) is 4.55. The number of ether oxygens (including phenoxy) is 1. The summed E-state index contributed by atoms with van der Waals surface area (Å²) >= 11 is 0. The Morgan fingerprint density at radius 1 is 1.15 bits per heavy atom. The highest BCUT2D eigenvalue weighted by molar-refractivity contribution is 5.98. The number of pyridine rings is 1. The Kier molecular flexibility index (Phi) is 6.78. The lowest BCUT2D eigenvalue weighted by atomic mass is 10.0. The number of halogens is 3. The highest BCUT2D eigenvalue weighted by Crippen LogP contribution is 2.41. The molecule has 4 atom stereocenters. The van der Waals surface area contributed by atoms with E-state index in [1.807, 2.05) is 13.8 Å². The van der Waals surface area contributed by atoms with E-state index in [2.05, 4.69) is 15.3 Å². The molecular formula is C27H30F3N5O4. The van der Waals surface area contributed by atoms with Gasteiger partial charge in [-0.2, -0.15) is 13.2 Å². The second-order valence-corrected chi connectivity index (χ2v) is 10.5. The number of nitrogens with zero attached hydrogens (tertiary/aromatic N) is 3. The molecule has 2 aromatic heterocycles. The van der Waals surface area contributed by atoms with Crippen LogP contribution in [0.15, 0.2) is 28.7 Å². The number of carbonyl (C=O) groups excluding carboxylic acids is 2. The van der Waals surface area contributed by atoms with E-state index in [1.54, 1.807) is 17.9 Å². The summed E-state index contributed by atoms with van der Waals surface area (Å²) in [5.74, 6) is 0.0857. The van der Waals surface area contributed by atoms with Gasteiger partial charge in [0.05, 0.1) is 13.2 Å². The molecule has 1 aromatic carbocycles. The van der Waals surface area contributed by atoms with Crippen molar-refractivity contribution in [3.8, 4) is 17.2 Å². The van der Waals surface area contributed by atoms with E-state index in [-0.39, 0.29) is 64.3 Å². The van der Waals surface area contributed by atoms with Gasteiger partial charge < -0.3 is 25.1 Å². The number of carbonyl (C=O) groups is 2. The van der Waals surface area contributed by atoms with Crippen LogP contribution in [-0.2, 0) is 11.0 Å². The molecule has 2 bridgehead atoms. The molecule has 1 saturated carbocycles. The van der Waals surface area contributed by atoms with Crippen LogP contribution in [0.2, 0.25) is 0 Å². The molecule has 12 heteroatoms. The fraction of sp³-hybridized carbons (Fsp3) is 0.481. The second kappa shape index (κ2) is 9.82. The minimum atomic E-state index is -4.63. The van der Waals surface area contributed by atoms with Crippen molar-refractivity contribution in [2.75, 3.05) is 13.7 Å². The number of benzene rings is 1. The van der Waals surface area contributed by atoms with Gasteiger partial charge in [-0.1, -0.05) is 13.8 Å². The van der Waals surface area contributed by atoms with Crippen LogP contribution in [0.4, 0.5) is 13.2 Å². The minimum absolute atomic E-state index is 0.00521. The van der Waals surface area contributed by atoms with Gasteiger partial charge in [-0.25, -0.2) is 9.97 Å². The first-order chi connectivity index (χ1) is 18.4. The third kappa shape index (κ3) is 4.81. The Bertz CT molecular complexity index is 1430.